The lowest BCUT2D eigenvalue weighted by atomic mass is 10.0. The van der Waals surface area contributed by atoms with Crippen molar-refractivity contribution in [2.45, 2.75) is 109 Å². The maximum Gasteiger partial charge on any atom is 0.514 e. The Balaban J connectivity index is 1.39. The number of hydrogen-bond acceptors (Lipinski definition) is 17. The van der Waals surface area contributed by atoms with E-state index in [4.69, 9.17) is 38.9 Å². The number of benzene rings is 2. The summed E-state index contributed by atoms with van der Waals surface area (Å²) in [6.07, 6.45) is 2.90. The highest BCUT2D eigenvalue weighted by Crippen LogP contribution is 2.19. The Labute approximate surface area is 446 Å². The summed E-state index contributed by atoms with van der Waals surface area (Å²) in [6, 6.07) is 6.32. The largest absolute Gasteiger partial charge is 0.514 e. The van der Waals surface area contributed by atoms with Gasteiger partial charge in [0.05, 0.1) is 57.8 Å². The van der Waals surface area contributed by atoms with Crippen LogP contribution in [-0.4, -0.2) is 155 Å². The molecular formula is C51H72N8O18. The van der Waals surface area contributed by atoms with Crippen molar-refractivity contribution in [1.82, 2.24) is 26.6 Å². The molecule has 0 heterocycles. The van der Waals surface area contributed by atoms with Crippen LogP contribution >= 0.6 is 0 Å². The van der Waals surface area contributed by atoms with Gasteiger partial charge < -0.3 is 75.9 Å². The van der Waals surface area contributed by atoms with Crippen molar-refractivity contribution >= 4 is 59.1 Å². The molecule has 0 radical (unpaired) electrons. The van der Waals surface area contributed by atoms with Crippen LogP contribution in [0, 0.1) is 27.9 Å². The van der Waals surface area contributed by atoms with Gasteiger partial charge in [-0.3, -0.25) is 38.9 Å². The van der Waals surface area contributed by atoms with Crippen LogP contribution in [-0.2, 0) is 63.8 Å². The predicted molar refractivity (Wildman–Crippen MR) is 275 cm³/mol. The van der Waals surface area contributed by atoms with Gasteiger partial charge >= 0.3 is 18.2 Å². The minimum Gasteiger partial charge on any atom is -0.481 e. The van der Waals surface area contributed by atoms with Gasteiger partial charge in [0.2, 0.25) is 29.5 Å². The van der Waals surface area contributed by atoms with E-state index < -0.39 is 77.2 Å². The minimum atomic E-state index is -1.35. The van der Waals surface area contributed by atoms with E-state index in [-0.39, 0.29) is 95.3 Å². The molecule has 7 amide bonds. The first kappa shape index (κ1) is 63.8. The lowest BCUT2D eigenvalue weighted by Crippen LogP contribution is -2.58. The Morgan fingerprint density at radius 2 is 1.38 bits per heavy atom. The van der Waals surface area contributed by atoms with Gasteiger partial charge in [-0.2, -0.15) is 0 Å². The van der Waals surface area contributed by atoms with Gasteiger partial charge in [-0.25, -0.2) is 9.59 Å². The lowest BCUT2D eigenvalue weighted by Gasteiger charge is -2.27. The third kappa shape index (κ3) is 28.9. The molecule has 0 saturated heterocycles. The molecular weight excluding hydrogens is 1010 g/mol. The average molecular weight is 1090 g/mol. The predicted octanol–water partition coefficient (Wildman–Crippen LogP) is 2.60. The summed E-state index contributed by atoms with van der Waals surface area (Å²) >= 11 is 0. The molecule has 0 aromatic heterocycles. The Bertz CT molecular complexity index is 2260. The number of aliphatic carboxylic acids is 1. The summed E-state index contributed by atoms with van der Waals surface area (Å²) in [5, 5.41) is 35.8. The lowest BCUT2D eigenvalue weighted by molar-refractivity contribution is -0.384. The summed E-state index contributed by atoms with van der Waals surface area (Å²) in [5.74, 6) is 1.28. The molecule has 1 aliphatic carbocycles. The highest BCUT2D eigenvalue weighted by Gasteiger charge is 2.32. The highest BCUT2D eigenvalue weighted by atomic mass is 16.7. The molecule has 4 atom stereocenters. The fourth-order valence-corrected chi connectivity index (χ4v) is 6.98. The molecule has 424 valence electrons. The second kappa shape index (κ2) is 37.3. The van der Waals surface area contributed by atoms with E-state index in [1.165, 1.54) is 24.3 Å². The fraction of sp³-hybridized carbons (Fsp3) is 0.569. The zero-order chi connectivity index (χ0) is 56.2. The number of nitrogens with one attached hydrogen (secondary N) is 6. The van der Waals surface area contributed by atoms with Crippen molar-refractivity contribution in [2.75, 3.05) is 77.9 Å². The number of nitrogens with two attached hydrogens (primary N) is 1. The second-order valence-electron chi connectivity index (χ2n) is 17.6. The first-order valence-electron chi connectivity index (χ1n) is 25.3. The van der Waals surface area contributed by atoms with Crippen LogP contribution in [0.3, 0.4) is 0 Å². The van der Waals surface area contributed by atoms with Gasteiger partial charge in [0.1, 0.15) is 43.2 Å². The maximum absolute atomic E-state index is 13.8. The molecule has 0 saturated carbocycles. The minimum absolute atomic E-state index is 0.00907. The molecule has 0 bridgehead atoms. The first-order valence-corrected chi connectivity index (χ1v) is 25.3. The Kier molecular flexibility index (Phi) is 31.0. The number of nitrogens with zero attached hydrogens (tertiary/aromatic N) is 1. The Hall–Kier alpha value is -7.44. The third-order valence-corrected chi connectivity index (χ3v) is 11.1. The van der Waals surface area contributed by atoms with Crippen LogP contribution < -0.4 is 42.4 Å². The van der Waals surface area contributed by atoms with Crippen LogP contribution in [0.4, 0.5) is 21.0 Å². The van der Waals surface area contributed by atoms with Crippen LogP contribution in [0.5, 0.6) is 5.75 Å². The van der Waals surface area contributed by atoms with E-state index in [9.17, 15) is 53.6 Å². The average Bonchev–Trinajstić information content (AvgIpc) is 3.38. The molecule has 26 nitrogen and oxygen atoms in total. The zero-order valence-electron chi connectivity index (χ0n) is 43.5. The summed E-state index contributed by atoms with van der Waals surface area (Å²) in [7, 11) is 0. The molecule has 2 aromatic carbocycles. The molecule has 2 aromatic rings. The maximum atomic E-state index is 13.8. The summed E-state index contributed by atoms with van der Waals surface area (Å²) in [6.45, 7) is 5.22. The second-order valence-corrected chi connectivity index (χ2v) is 17.6. The third-order valence-electron chi connectivity index (χ3n) is 11.1. The van der Waals surface area contributed by atoms with Gasteiger partial charge in [0.25, 0.3) is 5.69 Å². The number of carboxylic acids is 1. The van der Waals surface area contributed by atoms with Gasteiger partial charge in [0, 0.05) is 50.2 Å². The van der Waals surface area contributed by atoms with Crippen LogP contribution in [0.15, 0.2) is 48.5 Å². The monoisotopic (exact) mass is 1080 g/mol. The van der Waals surface area contributed by atoms with Crippen LogP contribution in [0.25, 0.3) is 0 Å². The topological polar surface area (TPSA) is 363 Å². The number of carboxylic acid groups (broad SMARTS) is 1. The van der Waals surface area contributed by atoms with E-state index in [0.717, 1.165) is 44.2 Å². The smallest absolute Gasteiger partial charge is 0.481 e. The van der Waals surface area contributed by atoms with E-state index in [1.54, 1.807) is 26.0 Å². The molecule has 0 fully saturated rings. The standard InChI is InChI=1S/C51H72N8O18/c1-35(2)46(49(66)57-41(11-8-23-54-50(52)67)47(64)55-37-14-12-36(13-15-37)33-76-51(68)77-40-18-16-38(17-19-40)59(69)70)58-48(65)42(20-21-45(62)63)56-43(60)22-25-71-27-29-73-31-32-74-30-28-72-26-24-53-44(61)34-75-39-9-6-4-3-5-7-10-39/h12-19,35,39,41-42,46H,3-6,8-9,11,20-34H2,1-2H3,(H,53,61)(H,55,64)(H,56,60)(H,57,66)(H,58,65)(H,62,63)(H3,52,54,67)/t39?,41-,42+,46-/m0/s1. The first-order chi connectivity index (χ1) is 37.0. The fourth-order valence-electron chi connectivity index (χ4n) is 6.98. The number of amides is 7. The molecule has 9 N–H and O–H groups in total. The van der Waals surface area contributed by atoms with E-state index >= 15 is 0 Å². The molecule has 1 aliphatic rings. The number of non-ortho nitro benzene ring substituents is 1. The molecule has 1 unspecified atom stereocenters. The van der Waals surface area contributed by atoms with Gasteiger partial charge in [-0.1, -0.05) is 38.3 Å². The number of hydrogen-bond donors (Lipinski definition) is 8. The Morgan fingerprint density at radius 1 is 0.727 bits per heavy atom. The van der Waals surface area contributed by atoms with E-state index in [0.29, 0.717) is 44.2 Å². The number of nitro groups is 1. The highest BCUT2D eigenvalue weighted by molar-refractivity contribution is 5.99. The normalized spacial score (nSPS) is 14.1. The SMILES string of the molecule is CC(C)[C@H](NC(=O)[C@@H](CCC(=O)O)NC(=O)CCOCCOCCOCCOCCNC(=O)COC1C#CCCCCC1)C(=O)N[C@@H](CCCNC(N)=O)C(=O)Nc1ccc(COC(=O)Oc2ccc([N+](=O)[O-])cc2)cc1. The van der Waals surface area contributed by atoms with Crippen molar-refractivity contribution in [2.24, 2.45) is 11.7 Å². The van der Waals surface area contributed by atoms with Crippen LogP contribution in [0.1, 0.15) is 83.6 Å². The van der Waals surface area contributed by atoms with Crippen molar-refractivity contribution < 1.29 is 81.5 Å². The van der Waals surface area contributed by atoms with Crippen molar-refractivity contribution in [3.8, 4) is 17.6 Å². The number of carbonyl (C=O) groups excluding carboxylic acids is 7. The van der Waals surface area contributed by atoms with E-state index in [2.05, 4.69) is 43.7 Å². The molecule has 26 heteroatoms. The Morgan fingerprint density at radius 3 is 2.01 bits per heavy atom. The summed E-state index contributed by atoms with van der Waals surface area (Å²) < 4.78 is 37.7. The number of rotatable bonds is 37. The van der Waals surface area contributed by atoms with Gasteiger partial charge in [-0.05, 0) is 74.3 Å². The van der Waals surface area contributed by atoms with Gasteiger partial charge in [0.15, 0.2) is 0 Å². The number of nitro benzene ring substituents is 1. The number of primary amides is 1. The van der Waals surface area contributed by atoms with Crippen molar-refractivity contribution in [1.29, 1.82) is 0 Å². The molecule has 0 aliphatic heterocycles. The van der Waals surface area contributed by atoms with Crippen LogP contribution in [0.2, 0.25) is 0 Å². The molecule has 0 spiro atoms. The molecule has 77 heavy (non-hydrogen) atoms. The van der Waals surface area contributed by atoms with Crippen molar-refractivity contribution in [3.63, 3.8) is 0 Å². The number of ether oxygens (including phenoxy) is 7. The summed E-state index contributed by atoms with van der Waals surface area (Å²) in [4.78, 5) is 111. The van der Waals surface area contributed by atoms with Crippen molar-refractivity contribution in [3.05, 3.63) is 64.2 Å². The number of anilines is 1. The van der Waals surface area contributed by atoms with E-state index in [1.807, 2.05) is 0 Å². The summed E-state index contributed by atoms with van der Waals surface area (Å²) in [5.41, 5.74) is 5.79. The van der Waals surface area contributed by atoms with Gasteiger partial charge in [-0.15, -0.1) is 5.92 Å². The zero-order valence-corrected chi connectivity index (χ0v) is 43.5. The number of urea groups is 1. The molecule has 3 rings (SSSR count). The quantitative estimate of drug-likeness (QED) is 0.0120. The number of carbonyl (C=O) groups is 8.